The van der Waals surface area contributed by atoms with Gasteiger partial charge in [0.25, 0.3) is 0 Å². The highest BCUT2D eigenvalue weighted by Gasteiger charge is 2.23. The smallest absolute Gasteiger partial charge is 0.0547 e. The first-order valence-electron chi connectivity index (χ1n) is 13.3. The van der Waals surface area contributed by atoms with Crippen molar-refractivity contribution in [2.75, 3.05) is 53.8 Å². The molecule has 4 aliphatic rings. The van der Waals surface area contributed by atoms with Crippen LogP contribution in [0.3, 0.4) is 0 Å². The second-order valence-electron chi connectivity index (χ2n) is 9.37. The second kappa shape index (κ2) is 16.7. The summed E-state index contributed by atoms with van der Waals surface area (Å²) in [5.41, 5.74) is 5.27. The number of rotatable bonds is 2. The Morgan fingerprint density at radius 1 is 0.917 bits per heavy atom. The highest BCUT2D eigenvalue weighted by atomic mass is 32.2. The highest BCUT2D eigenvalue weighted by molar-refractivity contribution is 7.99. The third kappa shape index (κ3) is 8.85. The van der Waals surface area contributed by atoms with Gasteiger partial charge in [-0.3, -0.25) is 0 Å². The van der Waals surface area contributed by atoms with Crippen molar-refractivity contribution < 1.29 is 0 Å². The average Bonchev–Trinajstić information content (AvgIpc) is 2.88. The number of hydrogen-bond acceptors (Lipinski definition) is 5. The molecule has 1 fully saturated rings. The van der Waals surface area contributed by atoms with Crippen molar-refractivity contribution in [2.45, 2.75) is 62.7 Å². The molecule has 0 aromatic heterocycles. The summed E-state index contributed by atoms with van der Waals surface area (Å²) in [6, 6.07) is 14.0. The van der Waals surface area contributed by atoms with E-state index in [1.807, 2.05) is 38.1 Å². The fraction of sp³-hybridized carbons (Fsp3) is 0.484. The molecule has 0 radical (unpaired) electrons. The molecule has 1 N–H and O–H groups in total. The number of nitrogens with one attached hydrogen (secondary N) is 1. The Morgan fingerprint density at radius 2 is 1.44 bits per heavy atom. The molecule has 1 saturated heterocycles. The molecule has 2 aromatic carbocycles. The van der Waals surface area contributed by atoms with Crippen molar-refractivity contribution in [3.05, 3.63) is 61.7 Å². The third-order valence-electron chi connectivity index (χ3n) is 6.29. The molecule has 0 aliphatic carbocycles. The van der Waals surface area contributed by atoms with Gasteiger partial charge in [-0.15, -0.1) is 13.2 Å². The van der Waals surface area contributed by atoms with Crippen molar-refractivity contribution in [3.8, 4) is 0 Å². The maximum absolute atomic E-state index is 3.74. The fourth-order valence-corrected chi connectivity index (χ4v) is 5.71. The van der Waals surface area contributed by atoms with E-state index >= 15 is 0 Å². The van der Waals surface area contributed by atoms with E-state index in [0.29, 0.717) is 0 Å². The van der Waals surface area contributed by atoms with Crippen molar-refractivity contribution >= 4 is 46.3 Å². The summed E-state index contributed by atoms with van der Waals surface area (Å²) in [4.78, 5) is 7.84. The molecule has 6 rings (SSSR count). The Hall–Kier alpha value is -1.98. The van der Waals surface area contributed by atoms with Gasteiger partial charge in [0.15, 0.2) is 0 Å². The zero-order valence-electron chi connectivity index (χ0n) is 23.2. The molecule has 198 valence electrons. The Balaban J connectivity index is 0.000000447. The Kier molecular flexibility index (Phi) is 14.0. The van der Waals surface area contributed by atoms with Gasteiger partial charge in [0.2, 0.25) is 0 Å². The van der Waals surface area contributed by atoms with Crippen LogP contribution in [0.5, 0.6) is 0 Å². The molecule has 0 saturated carbocycles. The first-order valence-corrected chi connectivity index (χ1v) is 15.8. The number of piperidine rings is 1. The minimum absolute atomic E-state index is 0.899. The van der Waals surface area contributed by atoms with Crippen molar-refractivity contribution in [2.24, 2.45) is 5.92 Å². The molecule has 6 bridgehead atoms. The SMILES string of the molecule is C=CC.C=CC.CCCN1CCCC2CCN(CC2)c2ccc3c(c2)Nc2cc1ccc2S3.CSC. The van der Waals surface area contributed by atoms with Gasteiger partial charge in [-0.05, 0) is 101 Å². The Labute approximate surface area is 229 Å². The standard InChI is InChI=1S/C23H29N3S.2C3H6.C2H6S/c1-2-11-25-12-3-4-17-9-13-26(14-10-17)19-6-8-23-21(16-19)24-20-15-18(25)5-7-22(20)27-23;3*1-3-2/h5-8,15-17,24H,2-4,9-14H2,1H3;2*3H,1H2,2H3;1-2H3. The number of fused-ring (bicyclic) bond motifs is 5. The predicted octanol–water partition coefficient (Wildman–Crippen LogP) is 9.49. The van der Waals surface area contributed by atoms with E-state index in [0.717, 1.165) is 12.5 Å². The van der Waals surface area contributed by atoms with Crippen LogP contribution in [0.1, 0.15) is 52.9 Å². The summed E-state index contributed by atoms with van der Waals surface area (Å²) in [6.07, 6.45) is 14.1. The number of nitrogens with zero attached hydrogens (tertiary/aromatic N) is 2. The van der Waals surface area contributed by atoms with Crippen LogP contribution >= 0.6 is 23.5 Å². The lowest BCUT2D eigenvalue weighted by Crippen LogP contribution is -2.34. The molecule has 36 heavy (non-hydrogen) atoms. The van der Waals surface area contributed by atoms with Gasteiger partial charge >= 0.3 is 0 Å². The zero-order chi connectivity index (χ0) is 26.3. The molecule has 3 nitrogen and oxygen atoms in total. The first-order chi connectivity index (χ1) is 17.5. The zero-order valence-corrected chi connectivity index (χ0v) is 24.8. The molecule has 4 aliphatic heterocycles. The molecule has 2 aromatic rings. The lowest BCUT2D eigenvalue weighted by Gasteiger charge is -2.34. The van der Waals surface area contributed by atoms with Crippen molar-refractivity contribution in [3.63, 3.8) is 0 Å². The molecular formula is C31H47N3S2. The largest absolute Gasteiger partial charge is 0.371 e. The van der Waals surface area contributed by atoms with E-state index in [9.17, 15) is 0 Å². The topological polar surface area (TPSA) is 18.5 Å². The molecule has 0 atom stereocenters. The summed E-state index contributed by atoms with van der Waals surface area (Å²) < 4.78 is 0. The second-order valence-corrected chi connectivity index (χ2v) is 11.3. The van der Waals surface area contributed by atoms with Crippen molar-refractivity contribution in [1.82, 2.24) is 0 Å². The van der Waals surface area contributed by atoms with E-state index in [2.05, 4.69) is 71.6 Å². The normalized spacial score (nSPS) is 15.6. The van der Waals surface area contributed by atoms with Gasteiger partial charge < -0.3 is 15.1 Å². The molecule has 5 heteroatoms. The predicted molar refractivity (Wildman–Crippen MR) is 168 cm³/mol. The van der Waals surface area contributed by atoms with Crippen LogP contribution < -0.4 is 15.1 Å². The maximum Gasteiger partial charge on any atom is 0.0547 e. The van der Waals surface area contributed by atoms with E-state index in [-0.39, 0.29) is 0 Å². The van der Waals surface area contributed by atoms with E-state index in [4.69, 9.17) is 0 Å². The highest BCUT2D eigenvalue weighted by Crippen LogP contribution is 2.46. The van der Waals surface area contributed by atoms with Crippen LogP contribution in [0.25, 0.3) is 0 Å². The minimum Gasteiger partial charge on any atom is -0.371 e. The first kappa shape index (κ1) is 30.2. The van der Waals surface area contributed by atoms with Gasteiger partial charge in [0.05, 0.1) is 11.4 Å². The monoisotopic (exact) mass is 525 g/mol. The fourth-order valence-electron chi connectivity index (χ4n) is 4.76. The van der Waals surface area contributed by atoms with Crippen LogP contribution in [-0.2, 0) is 0 Å². The molecule has 4 heterocycles. The summed E-state index contributed by atoms with van der Waals surface area (Å²) in [5, 5.41) is 3.74. The maximum atomic E-state index is 3.74. The van der Waals surface area contributed by atoms with Crippen molar-refractivity contribution in [1.29, 1.82) is 0 Å². The Morgan fingerprint density at radius 3 is 2.00 bits per heavy atom. The molecular weight excluding hydrogens is 478 g/mol. The number of allylic oxidation sites excluding steroid dienone is 2. The summed E-state index contributed by atoms with van der Waals surface area (Å²) >= 11 is 3.64. The van der Waals surface area contributed by atoms with Crippen LogP contribution in [0.15, 0.2) is 71.5 Å². The lowest BCUT2D eigenvalue weighted by molar-refractivity contribution is 0.373. The van der Waals surface area contributed by atoms with Gasteiger partial charge in [-0.1, -0.05) is 30.8 Å². The van der Waals surface area contributed by atoms with Crippen LogP contribution in [0, 0.1) is 5.92 Å². The number of thioether (sulfide) groups is 1. The molecule has 0 unspecified atom stereocenters. The quantitative estimate of drug-likeness (QED) is 0.335. The van der Waals surface area contributed by atoms with E-state index in [1.54, 1.807) is 23.9 Å². The van der Waals surface area contributed by atoms with E-state index < -0.39 is 0 Å². The van der Waals surface area contributed by atoms with Gasteiger partial charge in [0.1, 0.15) is 0 Å². The third-order valence-corrected chi connectivity index (χ3v) is 7.45. The van der Waals surface area contributed by atoms with Crippen LogP contribution in [0.4, 0.5) is 22.7 Å². The van der Waals surface area contributed by atoms with Gasteiger partial charge in [-0.2, -0.15) is 11.8 Å². The number of hydrogen-bond donors (Lipinski definition) is 1. The molecule has 0 spiro atoms. The summed E-state index contributed by atoms with van der Waals surface area (Å²) in [6.45, 7) is 17.5. The molecule has 0 amide bonds. The average molecular weight is 526 g/mol. The number of anilines is 4. The number of benzene rings is 2. The van der Waals surface area contributed by atoms with E-state index in [1.165, 1.54) is 84.3 Å². The van der Waals surface area contributed by atoms with Gasteiger partial charge in [-0.25, -0.2) is 0 Å². The summed E-state index contributed by atoms with van der Waals surface area (Å²) in [7, 11) is 0. The van der Waals surface area contributed by atoms with Crippen LogP contribution in [-0.4, -0.2) is 38.7 Å². The summed E-state index contributed by atoms with van der Waals surface area (Å²) in [5.74, 6) is 0.899. The lowest BCUT2D eigenvalue weighted by atomic mass is 9.91. The Bertz CT molecular complexity index is 929. The van der Waals surface area contributed by atoms with Gasteiger partial charge in [0, 0.05) is 47.3 Å². The minimum atomic E-state index is 0.899. The van der Waals surface area contributed by atoms with Crippen LogP contribution in [0.2, 0.25) is 0 Å².